The first kappa shape index (κ1) is 9.39. The van der Waals surface area contributed by atoms with Gasteiger partial charge in [0, 0.05) is 12.4 Å². The van der Waals surface area contributed by atoms with Crippen molar-refractivity contribution in [3.63, 3.8) is 0 Å². The van der Waals surface area contributed by atoms with E-state index >= 15 is 0 Å². The zero-order valence-corrected chi connectivity index (χ0v) is 7.87. The first-order valence-corrected chi connectivity index (χ1v) is 4.39. The van der Waals surface area contributed by atoms with Gasteiger partial charge in [-0.3, -0.25) is 4.98 Å². The van der Waals surface area contributed by atoms with E-state index in [2.05, 4.69) is 9.97 Å². The van der Waals surface area contributed by atoms with Gasteiger partial charge in [-0.2, -0.15) is 0 Å². The van der Waals surface area contributed by atoms with Crippen molar-refractivity contribution in [2.24, 2.45) is 0 Å². The lowest BCUT2D eigenvalue weighted by Crippen LogP contribution is -2.08. The maximum Gasteiger partial charge on any atom is 0.354 e. The van der Waals surface area contributed by atoms with Crippen LogP contribution in [0.5, 0.6) is 0 Å². The monoisotopic (exact) mass is 203 g/mol. The summed E-state index contributed by atoms with van der Waals surface area (Å²) in [6.07, 6.45) is 6.20. The van der Waals surface area contributed by atoms with Gasteiger partial charge in [-0.15, -0.1) is 0 Å². The Labute approximate surface area is 86.0 Å². The molecule has 15 heavy (non-hydrogen) atoms. The third-order valence-corrected chi connectivity index (χ3v) is 2.01. The summed E-state index contributed by atoms with van der Waals surface area (Å²) in [4.78, 5) is 18.6. The van der Waals surface area contributed by atoms with Crippen molar-refractivity contribution < 1.29 is 9.90 Å². The largest absolute Gasteiger partial charge is 0.477 e. The van der Waals surface area contributed by atoms with Crippen LogP contribution in [0.25, 0.3) is 0 Å². The van der Waals surface area contributed by atoms with Crippen molar-refractivity contribution in [3.05, 3.63) is 48.3 Å². The molecule has 0 aliphatic rings. The Morgan fingerprint density at radius 2 is 2.27 bits per heavy atom. The average molecular weight is 203 g/mol. The van der Waals surface area contributed by atoms with E-state index in [1.807, 2.05) is 12.1 Å². The van der Waals surface area contributed by atoms with E-state index in [0.29, 0.717) is 6.54 Å². The molecule has 76 valence electrons. The molecule has 5 nitrogen and oxygen atoms in total. The minimum atomic E-state index is -0.976. The summed E-state index contributed by atoms with van der Waals surface area (Å²) in [6.45, 7) is 0.468. The molecule has 0 saturated heterocycles. The van der Waals surface area contributed by atoms with Gasteiger partial charge in [-0.1, -0.05) is 6.07 Å². The molecule has 2 heterocycles. The van der Waals surface area contributed by atoms with Crippen LogP contribution >= 0.6 is 0 Å². The summed E-state index contributed by atoms with van der Waals surface area (Å²) >= 11 is 0. The average Bonchev–Trinajstić information content (AvgIpc) is 2.67. The maximum absolute atomic E-state index is 10.8. The third-order valence-electron chi connectivity index (χ3n) is 2.01. The van der Waals surface area contributed by atoms with Crippen LogP contribution in [0.4, 0.5) is 0 Å². The number of pyridine rings is 1. The molecular formula is C10H9N3O2. The Hall–Kier alpha value is -2.17. The molecule has 0 bridgehead atoms. The van der Waals surface area contributed by atoms with Crippen molar-refractivity contribution in [2.75, 3.05) is 0 Å². The summed E-state index contributed by atoms with van der Waals surface area (Å²) in [5.74, 6) is -0.976. The van der Waals surface area contributed by atoms with Crippen LogP contribution in [0.3, 0.4) is 0 Å². The Balaban J connectivity index is 2.25. The second-order valence-corrected chi connectivity index (χ2v) is 3.07. The summed E-state index contributed by atoms with van der Waals surface area (Å²) in [5.41, 5.74) is 1.12. The van der Waals surface area contributed by atoms with Crippen molar-refractivity contribution in [1.29, 1.82) is 0 Å². The molecule has 5 heteroatoms. The second kappa shape index (κ2) is 3.91. The maximum atomic E-state index is 10.8. The molecule has 0 amide bonds. The Morgan fingerprint density at radius 3 is 2.93 bits per heavy atom. The fraction of sp³-hybridized carbons (Fsp3) is 0.100. The smallest absolute Gasteiger partial charge is 0.354 e. The molecule has 2 rings (SSSR count). The van der Waals surface area contributed by atoms with Crippen molar-refractivity contribution >= 4 is 5.97 Å². The molecule has 0 aliphatic heterocycles. The van der Waals surface area contributed by atoms with Crippen molar-refractivity contribution in [1.82, 2.24) is 14.5 Å². The lowest BCUT2D eigenvalue weighted by molar-refractivity contribution is 0.0685. The van der Waals surface area contributed by atoms with E-state index in [1.54, 1.807) is 17.0 Å². The topological polar surface area (TPSA) is 68.0 Å². The number of hydrogen-bond donors (Lipinski definition) is 1. The summed E-state index contributed by atoms with van der Waals surface area (Å²) in [7, 11) is 0. The van der Waals surface area contributed by atoms with E-state index in [1.165, 1.54) is 12.5 Å². The fourth-order valence-electron chi connectivity index (χ4n) is 1.31. The van der Waals surface area contributed by atoms with Crippen LogP contribution in [0, 0.1) is 0 Å². The van der Waals surface area contributed by atoms with Gasteiger partial charge in [0.2, 0.25) is 0 Å². The molecule has 0 radical (unpaired) electrons. The molecule has 0 spiro atoms. The number of carboxylic acid groups (broad SMARTS) is 1. The Bertz CT molecular complexity index is 465. The van der Waals surface area contributed by atoms with E-state index < -0.39 is 5.97 Å². The number of carbonyl (C=O) groups is 1. The van der Waals surface area contributed by atoms with Crippen molar-refractivity contribution in [2.45, 2.75) is 6.54 Å². The first-order chi connectivity index (χ1) is 7.27. The number of imidazole rings is 1. The van der Waals surface area contributed by atoms with E-state index in [-0.39, 0.29) is 5.69 Å². The van der Waals surface area contributed by atoms with Gasteiger partial charge in [-0.25, -0.2) is 9.78 Å². The molecule has 0 unspecified atom stereocenters. The SMILES string of the molecule is O=C(O)c1cncn1Cc1cccnc1. The third kappa shape index (κ3) is 2.01. The zero-order chi connectivity index (χ0) is 10.7. The molecular weight excluding hydrogens is 194 g/mol. The molecule has 0 aliphatic carbocycles. The van der Waals surface area contributed by atoms with E-state index in [9.17, 15) is 4.79 Å². The number of carboxylic acids is 1. The number of rotatable bonds is 3. The first-order valence-electron chi connectivity index (χ1n) is 4.39. The molecule has 0 fully saturated rings. The fourth-order valence-corrected chi connectivity index (χ4v) is 1.31. The highest BCUT2D eigenvalue weighted by Crippen LogP contribution is 2.04. The lowest BCUT2D eigenvalue weighted by atomic mass is 10.3. The zero-order valence-electron chi connectivity index (χ0n) is 7.87. The quantitative estimate of drug-likeness (QED) is 0.808. The Kier molecular flexibility index (Phi) is 2.45. The number of hydrogen-bond acceptors (Lipinski definition) is 3. The second-order valence-electron chi connectivity index (χ2n) is 3.07. The van der Waals surface area contributed by atoms with Gasteiger partial charge in [0.25, 0.3) is 0 Å². The molecule has 1 N–H and O–H groups in total. The van der Waals surface area contributed by atoms with Gasteiger partial charge >= 0.3 is 5.97 Å². The Morgan fingerprint density at radius 1 is 1.40 bits per heavy atom. The highest BCUT2D eigenvalue weighted by atomic mass is 16.4. The van der Waals surface area contributed by atoms with Gasteiger partial charge in [0.1, 0.15) is 5.69 Å². The minimum absolute atomic E-state index is 0.179. The van der Waals surface area contributed by atoms with Crippen LogP contribution in [0.15, 0.2) is 37.1 Å². The van der Waals surface area contributed by atoms with Crippen LogP contribution in [0.2, 0.25) is 0 Å². The normalized spacial score (nSPS) is 10.1. The highest BCUT2D eigenvalue weighted by Gasteiger charge is 2.09. The minimum Gasteiger partial charge on any atom is -0.477 e. The van der Waals surface area contributed by atoms with Gasteiger partial charge in [-0.05, 0) is 11.6 Å². The van der Waals surface area contributed by atoms with E-state index in [4.69, 9.17) is 5.11 Å². The van der Waals surface area contributed by atoms with Crippen molar-refractivity contribution in [3.8, 4) is 0 Å². The summed E-state index contributed by atoms with van der Waals surface area (Å²) in [6, 6.07) is 3.70. The lowest BCUT2D eigenvalue weighted by Gasteiger charge is -2.04. The van der Waals surface area contributed by atoms with Crippen LogP contribution in [-0.2, 0) is 6.54 Å². The molecule has 0 aromatic carbocycles. The molecule has 0 atom stereocenters. The summed E-state index contributed by atoms with van der Waals surface area (Å²) < 4.78 is 1.57. The summed E-state index contributed by atoms with van der Waals surface area (Å²) in [5, 5.41) is 8.86. The van der Waals surface area contributed by atoms with Gasteiger partial charge in [0.15, 0.2) is 0 Å². The number of aromatic carboxylic acids is 1. The molecule has 0 saturated carbocycles. The molecule has 2 aromatic heterocycles. The van der Waals surface area contributed by atoms with Crippen LogP contribution < -0.4 is 0 Å². The predicted octanol–water partition coefficient (Wildman–Crippen LogP) is 1.02. The van der Waals surface area contributed by atoms with Gasteiger partial charge in [0.05, 0.1) is 19.1 Å². The molecule has 2 aromatic rings. The van der Waals surface area contributed by atoms with Crippen LogP contribution in [-0.4, -0.2) is 25.6 Å². The van der Waals surface area contributed by atoms with Gasteiger partial charge < -0.3 is 9.67 Å². The van der Waals surface area contributed by atoms with Crippen LogP contribution in [0.1, 0.15) is 16.1 Å². The predicted molar refractivity (Wildman–Crippen MR) is 52.5 cm³/mol. The highest BCUT2D eigenvalue weighted by molar-refractivity contribution is 5.85. The van der Waals surface area contributed by atoms with E-state index in [0.717, 1.165) is 5.56 Å². The number of nitrogens with zero attached hydrogens (tertiary/aromatic N) is 3. The number of aromatic nitrogens is 3. The standard InChI is InChI=1S/C10H9N3O2/c14-10(15)9-5-12-7-13(9)6-8-2-1-3-11-4-8/h1-5,7H,6H2,(H,14,15).